The highest BCUT2D eigenvalue weighted by molar-refractivity contribution is 5.97. The van der Waals surface area contributed by atoms with Crippen LogP contribution in [0.3, 0.4) is 0 Å². The molecule has 0 unspecified atom stereocenters. The van der Waals surface area contributed by atoms with Crippen LogP contribution in [0.15, 0.2) is 23.0 Å². The lowest BCUT2D eigenvalue weighted by molar-refractivity contribution is -0.0504. The summed E-state index contributed by atoms with van der Waals surface area (Å²) in [4.78, 5) is 25.2. The summed E-state index contributed by atoms with van der Waals surface area (Å²) in [7, 11) is 0. The number of benzene rings is 1. The van der Waals surface area contributed by atoms with Gasteiger partial charge in [-0.1, -0.05) is 0 Å². The van der Waals surface area contributed by atoms with Crippen molar-refractivity contribution in [2.75, 3.05) is 6.54 Å². The molecule has 1 aromatic heterocycles. The number of fused-ring (bicyclic) bond motifs is 1. The van der Waals surface area contributed by atoms with Crippen molar-refractivity contribution in [3.63, 3.8) is 0 Å². The number of alkyl halides is 2. The maximum Gasteiger partial charge on any atom is 0.387 e. The van der Waals surface area contributed by atoms with E-state index in [4.69, 9.17) is 0 Å². The summed E-state index contributed by atoms with van der Waals surface area (Å²) in [6.45, 7) is -2.73. The molecule has 0 bridgehead atoms. The van der Waals surface area contributed by atoms with Gasteiger partial charge >= 0.3 is 12.3 Å². The van der Waals surface area contributed by atoms with Gasteiger partial charge in [-0.05, 0) is 12.1 Å². The summed E-state index contributed by atoms with van der Waals surface area (Å²) < 4.78 is 43.6. The molecule has 0 aliphatic carbocycles. The Labute approximate surface area is 127 Å². The number of nitrogens with one attached hydrogen (secondary N) is 1. The van der Waals surface area contributed by atoms with Crippen molar-refractivity contribution in [1.29, 1.82) is 0 Å². The van der Waals surface area contributed by atoms with Crippen LogP contribution >= 0.6 is 0 Å². The van der Waals surface area contributed by atoms with Gasteiger partial charge in [0.15, 0.2) is 5.82 Å². The van der Waals surface area contributed by atoms with Crippen LogP contribution in [-0.4, -0.2) is 38.7 Å². The molecule has 0 fully saturated rings. The average Bonchev–Trinajstić information content (AvgIpc) is 2.87. The number of aromatic nitrogens is 3. The van der Waals surface area contributed by atoms with Crippen LogP contribution in [0, 0.1) is 5.82 Å². The number of H-pyrrole nitrogens is 1. The van der Waals surface area contributed by atoms with Gasteiger partial charge in [0.05, 0.1) is 12.1 Å². The van der Waals surface area contributed by atoms with Gasteiger partial charge in [0.2, 0.25) is 0 Å². The summed E-state index contributed by atoms with van der Waals surface area (Å²) in [5.41, 5.74) is -0.561. The number of carbonyl (C=O) groups is 1. The Morgan fingerprint density at radius 1 is 1.35 bits per heavy atom. The lowest BCUT2D eigenvalue weighted by Crippen LogP contribution is -2.40. The standard InChI is InChI=1S/C13H11F3N4O3/c14-7-1-2-8(9(5-7)23-12(15)16)11(21)19-3-4-20-10(6-19)17-18-13(20)22/h1-2,5,12H,3-4,6H2,(H,18,22). The molecule has 1 amide bonds. The molecule has 0 saturated carbocycles. The first-order valence-corrected chi connectivity index (χ1v) is 6.63. The number of hydrogen-bond acceptors (Lipinski definition) is 4. The maximum atomic E-state index is 13.2. The number of nitrogens with zero attached hydrogens (tertiary/aromatic N) is 3. The Morgan fingerprint density at radius 3 is 2.87 bits per heavy atom. The summed E-state index contributed by atoms with van der Waals surface area (Å²) in [5.74, 6) is -1.58. The molecule has 0 radical (unpaired) electrons. The number of hydrogen-bond donors (Lipinski definition) is 1. The quantitative estimate of drug-likeness (QED) is 0.910. The first-order chi connectivity index (χ1) is 11.0. The van der Waals surface area contributed by atoms with Crippen LogP contribution in [0.1, 0.15) is 16.2 Å². The smallest absolute Gasteiger partial charge is 0.387 e. The first kappa shape index (κ1) is 15.1. The van der Waals surface area contributed by atoms with E-state index in [9.17, 15) is 22.8 Å². The maximum absolute atomic E-state index is 13.2. The minimum absolute atomic E-state index is 0.0308. The second-order valence-electron chi connectivity index (χ2n) is 4.84. The Kier molecular flexibility index (Phi) is 3.80. The Bertz CT molecular complexity index is 802. The van der Waals surface area contributed by atoms with E-state index in [0.717, 1.165) is 18.2 Å². The second-order valence-corrected chi connectivity index (χ2v) is 4.84. The fourth-order valence-corrected chi connectivity index (χ4v) is 2.38. The SMILES string of the molecule is O=C(c1ccc(F)cc1OC(F)F)N1CCn2c(n[nH]c2=O)C1. The van der Waals surface area contributed by atoms with Gasteiger partial charge in [0.1, 0.15) is 11.6 Å². The third-order valence-electron chi connectivity index (χ3n) is 3.44. The first-order valence-electron chi connectivity index (χ1n) is 6.63. The van der Waals surface area contributed by atoms with E-state index in [1.54, 1.807) is 0 Å². The lowest BCUT2D eigenvalue weighted by Gasteiger charge is -2.27. The molecule has 0 spiro atoms. The minimum atomic E-state index is -3.18. The molecule has 0 saturated heterocycles. The monoisotopic (exact) mass is 328 g/mol. The fourth-order valence-electron chi connectivity index (χ4n) is 2.38. The largest absolute Gasteiger partial charge is 0.434 e. The van der Waals surface area contributed by atoms with Gasteiger partial charge in [0.25, 0.3) is 5.91 Å². The van der Waals surface area contributed by atoms with E-state index < -0.39 is 24.1 Å². The summed E-state index contributed by atoms with van der Waals surface area (Å²) in [5, 5.41) is 6.06. The number of carbonyl (C=O) groups excluding carboxylic acids is 1. The van der Waals surface area contributed by atoms with E-state index in [0.29, 0.717) is 5.82 Å². The predicted molar refractivity (Wildman–Crippen MR) is 70.6 cm³/mol. The molecule has 2 aromatic rings. The molecule has 10 heteroatoms. The highest BCUT2D eigenvalue weighted by Crippen LogP contribution is 2.24. The van der Waals surface area contributed by atoms with Gasteiger partial charge in [0, 0.05) is 19.2 Å². The molecule has 23 heavy (non-hydrogen) atoms. The van der Waals surface area contributed by atoms with Crippen molar-refractivity contribution in [2.45, 2.75) is 19.7 Å². The van der Waals surface area contributed by atoms with E-state index in [1.807, 2.05) is 0 Å². The van der Waals surface area contributed by atoms with E-state index >= 15 is 0 Å². The van der Waals surface area contributed by atoms with Gasteiger partial charge in [-0.2, -0.15) is 13.9 Å². The van der Waals surface area contributed by atoms with Crippen molar-refractivity contribution in [2.24, 2.45) is 0 Å². The molecule has 1 aliphatic heterocycles. The van der Waals surface area contributed by atoms with Crippen LogP contribution in [0.4, 0.5) is 13.2 Å². The van der Waals surface area contributed by atoms with Crippen molar-refractivity contribution in [3.05, 3.63) is 45.9 Å². The minimum Gasteiger partial charge on any atom is -0.434 e. The van der Waals surface area contributed by atoms with Crippen LogP contribution in [0.5, 0.6) is 5.75 Å². The molecule has 0 atom stereocenters. The molecule has 1 aromatic carbocycles. The number of aromatic amines is 1. The summed E-state index contributed by atoms with van der Waals surface area (Å²) >= 11 is 0. The zero-order chi connectivity index (χ0) is 16.6. The Hall–Kier alpha value is -2.78. The highest BCUT2D eigenvalue weighted by Gasteiger charge is 2.27. The zero-order valence-electron chi connectivity index (χ0n) is 11.6. The van der Waals surface area contributed by atoms with E-state index in [-0.39, 0.29) is 30.9 Å². The molecule has 2 heterocycles. The summed E-state index contributed by atoms with van der Waals surface area (Å²) in [6.07, 6.45) is 0. The zero-order valence-corrected chi connectivity index (χ0v) is 11.6. The lowest BCUT2D eigenvalue weighted by atomic mass is 10.1. The number of amides is 1. The van der Waals surface area contributed by atoms with E-state index in [1.165, 1.54) is 9.47 Å². The van der Waals surface area contributed by atoms with Gasteiger partial charge in [-0.3, -0.25) is 9.36 Å². The summed E-state index contributed by atoms with van der Waals surface area (Å²) in [6, 6.07) is 2.80. The molecular formula is C13H11F3N4O3. The number of ether oxygens (including phenoxy) is 1. The third kappa shape index (κ3) is 2.91. The topological polar surface area (TPSA) is 80.2 Å². The van der Waals surface area contributed by atoms with Gasteiger partial charge in [-0.25, -0.2) is 14.3 Å². The van der Waals surface area contributed by atoms with Crippen molar-refractivity contribution < 1.29 is 22.7 Å². The number of halogens is 3. The molecule has 7 nitrogen and oxygen atoms in total. The van der Waals surface area contributed by atoms with Crippen molar-refractivity contribution >= 4 is 5.91 Å². The van der Waals surface area contributed by atoms with Crippen molar-refractivity contribution in [3.8, 4) is 5.75 Å². The Balaban J connectivity index is 1.88. The average molecular weight is 328 g/mol. The molecule has 3 rings (SSSR count). The third-order valence-corrected chi connectivity index (χ3v) is 3.44. The van der Waals surface area contributed by atoms with Crippen LogP contribution in [0.2, 0.25) is 0 Å². The fraction of sp³-hybridized carbons (Fsp3) is 0.308. The predicted octanol–water partition coefficient (Wildman–Crippen LogP) is 0.968. The van der Waals surface area contributed by atoms with Gasteiger partial charge in [-0.15, -0.1) is 0 Å². The number of rotatable bonds is 3. The van der Waals surface area contributed by atoms with Crippen LogP contribution in [0.25, 0.3) is 0 Å². The molecule has 1 N–H and O–H groups in total. The van der Waals surface area contributed by atoms with Crippen LogP contribution in [-0.2, 0) is 13.1 Å². The second kappa shape index (κ2) is 5.78. The molecule has 1 aliphatic rings. The van der Waals surface area contributed by atoms with Crippen LogP contribution < -0.4 is 10.4 Å². The molecule has 122 valence electrons. The van der Waals surface area contributed by atoms with E-state index in [2.05, 4.69) is 14.9 Å². The molecular weight excluding hydrogens is 317 g/mol. The van der Waals surface area contributed by atoms with Crippen molar-refractivity contribution in [1.82, 2.24) is 19.7 Å². The Morgan fingerprint density at radius 2 is 2.13 bits per heavy atom. The van der Waals surface area contributed by atoms with Gasteiger partial charge < -0.3 is 9.64 Å². The normalized spacial score (nSPS) is 14.0. The highest BCUT2D eigenvalue weighted by atomic mass is 19.3.